The van der Waals surface area contributed by atoms with Crippen molar-refractivity contribution in [2.24, 2.45) is 0 Å². The number of benzene rings is 1. The Morgan fingerprint density at radius 3 is 2.85 bits per heavy atom. The number of fused-ring (bicyclic) bond motifs is 1. The molecule has 0 fully saturated rings. The van der Waals surface area contributed by atoms with Crippen molar-refractivity contribution in [2.45, 2.75) is 0 Å². The molecule has 0 unspecified atom stereocenters. The second-order valence-electron chi connectivity index (χ2n) is 2.66. The molecule has 2 rings (SSSR count). The van der Waals surface area contributed by atoms with Crippen LogP contribution in [0.3, 0.4) is 0 Å². The molecule has 0 saturated heterocycles. The molecule has 64 valence electrons. The molecule has 0 radical (unpaired) electrons. The van der Waals surface area contributed by atoms with Crippen LogP contribution in [-0.4, -0.2) is 9.91 Å². The van der Waals surface area contributed by atoms with E-state index in [1.165, 1.54) is 12.1 Å². The van der Waals surface area contributed by atoms with Crippen LogP contribution in [-0.2, 0) is 0 Å². The van der Waals surface area contributed by atoms with Crippen molar-refractivity contribution in [1.82, 2.24) is 4.98 Å². The van der Waals surface area contributed by atoms with Crippen LogP contribution in [0.1, 0.15) is 0 Å². The third-order valence-electron chi connectivity index (χ3n) is 1.83. The lowest BCUT2D eigenvalue weighted by Gasteiger charge is -1.95. The summed E-state index contributed by atoms with van der Waals surface area (Å²) in [4.78, 5) is 13.9. The van der Waals surface area contributed by atoms with E-state index in [1.807, 2.05) is 6.07 Å². The average molecular weight is 174 g/mol. The fraction of sp³-hybridized carbons (Fsp3) is 0. The molecule has 0 bridgehead atoms. The van der Waals surface area contributed by atoms with Crippen molar-refractivity contribution >= 4 is 16.5 Å². The Bertz CT molecular complexity index is 468. The van der Waals surface area contributed by atoms with Crippen molar-refractivity contribution in [2.75, 3.05) is 0 Å². The summed E-state index contributed by atoms with van der Waals surface area (Å²) in [6.07, 6.45) is 3.27. The standard InChI is InChI=1S/C9H6N2O2/c12-11(13)9-2-1-7-3-4-10-6-8(7)5-9/h1-6H. The summed E-state index contributed by atoms with van der Waals surface area (Å²) in [5.41, 5.74) is 0.0977. The lowest BCUT2D eigenvalue weighted by atomic mass is 10.2. The molecule has 0 atom stereocenters. The third kappa shape index (κ3) is 1.33. The lowest BCUT2D eigenvalue weighted by molar-refractivity contribution is -0.384. The molecule has 1 aromatic heterocycles. The summed E-state index contributed by atoms with van der Waals surface area (Å²) in [6.45, 7) is 0. The van der Waals surface area contributed by atoms with Crippen LogP contribution in [0.25, 0.3) is 10.8 Å². The number of pyridine rings is 1. The summed E-state index contributed by atoms with van der Waals surface area (Å²) in [5.74, 6) is 0. The zero-order chi connectivity index (χ0) is 9.26. The maximum absolute atomic E-state index is 10.4. The van der Waals surface area contributed by atoms with Crippen molar-refractivity contribution in [3.05, 3.63) is 46.8 Å². The highest BCUT2D eigenvalue weighted by molar-refractivity contribution is 5.83. The van der Waals surface area contributed by atoms with Crippen LogP contribution in [0.4, 0.5) is 5.69 Å². The second kappa shape index (κ2) is 2.82. The van der Waals surface area contributed by atoms with Crippen LogP contribution in [0.5, 0.6) is 0 Å². The fourth-order valence-corrected chi connectivity index (χ4v) is 1.19. The van der Waals surface area contributed by atoms with E-state index in [4.69, 9.17) is 0 Å². The van der Waals surface area contributed by atoms with Gasteiger partial charge in [0.05, 0.1) is 4.92 Å². The number of nitrogens with zero attached hydrogens (tertiary/aromatic N) is 2. The van der Waals surface area contributed by atoms with Gasteiger partial charge in [0, 0.05) is 29.9 Å². The second-order valence-corrected chi connectivity index (χ2v) is 2.66. The van der Waals surface area contributed by atoms with Gasteiger partial charge < -0.3 is 0 Å². The first-order valence-electron chi connectivity index (χ1n) is 3.75. The van der Waals surface area contributed by atoms with Gasteiger partial charge in [-0.25, -0.2) is 0 Å². The topological polar surface area (TPSA) is 56.0 Å². The highest BCUT2D eigenvalue weighted by Gasteiger charge is 2.04. The van der Waals surface area contributed by atoms with Gasteiger partial charge in [0.2, 0.25) is 0 Å². The fourth-order valence-electron chi connectivity index (χ4n) is 1.19. The normalized spacial score (nSPS) is 10.2. The predicted octanol–water partition coefficient (Wildman–Crippen LogP) is 2.14. The van der Waals surface area contributed by atoms with E-state index in [0.717, 1.165) is 10.8 Å². The van der Waals surface area contributed by atoms with Crippen LogP contribution in [0, 0.1) is 10.1 Å². The summed E-state index contributed by atoms with van der Waals surface area (Å²) in [6, 6.07) is 6.54. The number of hydrogen-bond acceptors (Lipinski definition) is 3. The monoisotopic (exact) mass is 174 g/mol. The molecule has 4 heteroatoms. The number of rotatable bonds is 1. The maximum atomic E-state index is 10.4. The van der Waals surface area contributed by atoms with Crippen molar-refractivity contribution in [3.8, 4) is 0 Å². The largest absolute Gasteiger partial charge is 0.270 e. The molecule has 0 aliphatic heterocycles. The molecule has 0 aliphatic carbocycles. The third-order valence-corrected chi connectivity index (χ3v) is 1.83. The summed E-state index contributed by atoms with van der Waals surface area (Å²) < 4.78 is 0. The minimum Gasteiger partial charge on any atom is -0.264 e. The van der Waals surface area contributed by atoms with Gasteiger partial charge in [-0.05, 0) is 17.5 Å². The van der Waals surface area contributed by atoms with E-state index in [0.29, 0.717) is 0 Å². The van der Waals surface area contributed by atoms with Crippen LogP contribution < -0.4 is 0 Å². The van der Waals surface area contributed by atoms with Crippen LogP contribution in [0.2, 0.25) is 0 Å². The molecule has 0 N–H and O–H groups in total. The Morgan fingerprint density at radius 1 is 1.23 bits per heavy atom. The van der Waals surface area contributed by atoms with E-state index >= 15 is 0 Å². The number of hydrogen-bond donors (Lipinski definition) is 0. The van der Waals surface area contributed by atoms with E-state index in [9.17, 15) is 10.1 Å². The van der Waals surface area contributed by atoms with Crippen molar-refractivity contribution < 1.29 is 4.92 Å². The summed E-state index contributed by atoms with van der Waals surface area (Å²) >= 11 is 0. The minimum absolute atomic E-state index is 0.0977. The molecule has 0 spiro atoms. The number of nitro benzene ring substituents is 1. The number of nitro groups is 1. The first-order chi connectivity index (χ1) is 6.27. The van der Waals surface area contributed by atoms with Gasteiger partial charge >= 0.3 is 0 Å². The smallest absolute Gasteiger partial charge is 0.264 e. The molecule has 13 heavy (non-hydrogen) atoms. The van der Waals surface area contributed by atoms with Gasteiger partial charge in [0.15, 0.2) is 0 Å². The Balaban J connectivity index is 2.69. The molecule has 1 heterocycles. The quantitative estimate of drug-likeness (QED) is 0.491. The zero-order valence-corrected chi connectivity index (χ0v) is 6.68. The van der Waals surface area contributed by atoms with Crippen molar-refractivity contribution in [3.63, 3.8) is 0 Å². The van der Waals surface area contributed by atoms with Gasteiger partial charge in [-0.1, -0.05) is 0 Å². The molecule has 1 aromatic carbocycles. The van der Waals surface area contributed by atoms with E-state index < -0.39 is 4.92 Å². The predicted molar refractivity (Wildman–Crippen MR) is 48.4 cm³/mol. The van der Waals surface area contributed by atoms with E-state index in [1.54, 1.807) is 18.5 Å². The molecule has 4 nitrogen and oxygen atoms in total. The first-order valence-corrected chi connectivity index (χ1v) is 3.75. The molecule has 0 aliphatic rings. The number of aromatic nitrogens is 1. The maximum Gasteiger partial charge on any atom is 0.270 e. The van der Waals surface area contributed by atoms with Gasteiger partial charge in [0.25, 0.3) is 5.69 Å². The van der Waals surface area contributed by atoms with Gasteiger partial charge in [-0.2, -0.15) is 0 Å². The Hall–Kier alpha value is -1.97. The zero-order valence-electron chi connectivity index (χ0n) is 6.68. The van der Waals surface area contributed by atoms with E-state index in [-0.39, 0.29) is 5.69 Å². The Morgan fingerprint density at radius 2 is 2.08 bits per heavy atom. The van der Waals surface area contributed by atoms with E-state index in [2.05, 4.69) is 4.98 Å². The number of non-ortho nitro benzene ring substituents is 1. The van der Waals surface area contributed by atoms with Gasteiger partial charge in [0.1, 0.15) is 0 Å². The van der Waals surface area contributed by atoms with Crippen molar-refractivity contribution in [1.29, 1.82) is 0 Å². The Labute approximate surface area is 74.0 Å². The Kier molecular flexibility index (Phi) is 1.66. The van der Waals surface area contributed by atoms with Gasteiger partial charge in [-0.15, -0.1) is 0 Å². The molecular weight excluding hydrogens is 168 g/mol. The molecular formula is C9H6N2O2. The summed E-state index contributed by atoms with van der Waals surface area (Å²) in [5, 5.41) is 12.2. The first kappa shape index (κ1) is 7.67. The van der Waals surface area contributed by atoms with Crippen LogP contribution in [0.15, 0.2) is 36.7 Å². The van der Waals surface area contributed by atoms with Gasteiger partial charge in [-0.3, -0.25) is 15.1 Å². The van der Waals surface area contributed by atoms with Crippen LogP contribution >= 0.6 is 0 Å². The highest BCUT2D eigenvalue weighted by Crippen LogP contribution is 2.18. The molecule has 0 amide bonds. The minimum atomic E-state index is -0.410. The average Bonchev–Trinajstić information content (AvgIpc) is 2.17. The molecule has 0 saturated carbocycles. The summed E-state index contributed by atoms with van der Waals surface area (Å²) in [7, 11) is 0. The highest BCUT2D eigenvalue weighted by atomic mass is 16.6. The molecule has 2 aromatic rings. The lowest BCUT2D eigenvalue weighted by Crippen LogP contribution is -1.87. The SMILES string of the molecule is O=[N+]([O-])c1ccc2ccncc2c1.